The fourth-order valence-corrected chi connectivity index (χ4v) is 8.67. The molecule has 5 aliphatic heterocycles. The SMILES string of the molecule is C=C1CN2CCCC2(COc2nc3c(c(N4CCCn5nc(C(=O)N6CCC6)c(Cl)c5C4)n2)COC(c2c(F)c(N)cc(C#CC)c2C(F)(F)F)C3)C1. The number of nitrogen functional groups attached to an aromatic ring is 1. The van der Waals surface area contributed by atoms with E-state index >= 15 is 4.39 Å². The van der Waals surface area contributed by atoms with Gasteiger partial charge in [0.1, 0.15) is 12.4 Å². The van der Waals surface area contributed by atoms with Crippen molar-refractivity contribution in [2.45, 2.75) is 83.0 Å². The van der Waals surface area contributed by atoms with Gasteiger partial charge in [-0.25, -0.2) is 4.39 Å². The van der Waals surface area contributed by atoms with Crippen LogP contribution in [-0.2, 0) is 37.0 Å². The van der Waals surface area contributed by atoms with E-state index in [0.29, 0.717) is 62.0 Å². The number of anilines is 2. The lowest BCUT2D eigenvalue weighted by atomic mass is 9.91. The number of alkyl halides is 3. The molecule has 1 aromatic carbocycles. The van der Waals surface area contributed by atoms with Crippen molar-refractivity contribution in [3.63, 3.8) is 0 Å². The monoisotopic (exact) mass is 754 g/mol. The lowest BCUT2D eigenvalue weighted by Crippen LogP contribution is -2.43. The van der Waals surface area contributed by atoms with Crippen molar-refractivity contribution in [1.29, 1.82) is 0 Å². The van der Waals surface area contributed by atoms with Crippen molar-refractivity contribution in [3.8, 4) is 17.9 Å². The molecule has 0 spiro atoms. The molecule has 0 bridgehead atoms. The van der Waals surface area contributed by atoms with Crippen molar-refractivity contribution in [2.24, 2.45) is 0 Å². The van der Waals surface area contributed by atoms with E-state index in [1.54, 1.807) is 9.58 Å². The third kappa shape index (κ3) is 6.28. The van der Waals surface area contributed by atoms with Gasteiger partial charge in [0.2, 0.25) is 0 Å². The lowest BCUT2D eigenvalue weighted by Gasteiger charge is -2.33. The minimum atomic E-state index is -4.94. The van der Waals surface area contributed by atoms with Gasteiger partial charge in [0.05, 0.1) is 52.5 Å². The summed E-state index contributed by atoms with van der Waals surface area (Å²) >= 11 is 6.85. The molecule has 5 aliphatic rings. The number of carbonyl (C=O) groups is 1. The average molecular weight is 755 g/mol. The number of likely N-dealkylation sites (tertiary alicyclic amines) is 1. The summed E-state index contributed by atoms with van der Waals surface area (Å²) < 4.78 is 73.9. The predicted molar refractivity (Wildman–Crippen MR) is 188 cm³/mol. The molecule has 53 heavy (non-hydrogen) atoms. The van der Waals surface area contributed by atoms with Crippen molar-refractivity contribution in [2.75, 3.05) is 50.0 Å². The zero-order valence-corrected chi connectivity index (χ0v) is 30.0. The minimum absolute atomic E-state index is 0.0530. The Hall–Kier alpha value is -4.39. The summed E-state index contributed by atoms with van der Waals surface area (Å²) in [5.74, 6) is 3.95. The second kappa shape index (κ2) is 13.5. The fourth-order valence-electron chi connectivity index (χ4n) is 8.40. The van der Waals surface area contributed by atoms with Gasteiger partial charge in [-0.3, -0.25) is 14.4 Å². The number of hydrogen-bond acceptors (Lipinski definition) is 9. The smallest absolute Gasteiger partial charge is 0.418 e. The second-order valence-corrected chi connectivity index (χ2v) is 14.8. The summed E-state index contributed by atoms with van der Waals surface area (Å²) in [7, 11) is 0. The van der Waals surface area contributed by atoms with E-state index in [9.17, 15) is 18.0 Å². The van der Waals surface area contributed by atoms with Gasteiger partial charge < -0.3 is 25.0 Å². The average Bonchev–Trinajstić information content (AvgIpc) is 3.65. The maximum atomic E-state index is 15.8. The first kappa shape index (κ1) is 35.6. The summed E-state index contributed by atoms with van der Waals surface area (Å²) in [4.78, 5) is 28.8. The van der Waals surface area contributed by atoms with E-state index in [2.05, 4.69) is 28.4 Å². The van der Waals surface area contributed by atoms with Crippen LogP contribution in [0.1, 0.15) is 89.3 Å². The Balaban J connectivity index is 1.18. The molecule has 3 fully saturated rings. The Bertz CT molecular complexity index is 2070. The number of aromatic nitrogens is 4. The fraction of sp³-hybridized carbons (Fsp3) is 0.514. The summed E-state index contributed by atoms with van der Waals surface area (Å²) in [5, 5.41) is 4.86. The maximum Gasteiger partial charge on any atom is 0.418 e. The lowest BCUT2D eigenvalue weighted by molar-refractivity contribution is -0.140. The molecule has 0 radical (unpaired) electrons. The molecule has 7 heterocycles. The van der Waals surface area contributed by atoms with Crippen LogP contribution >= 0.6 is 11.6 Å². The van der Waals surface area contributed by atoms with Crippen LogP contribution in [0.15, 0.2) is 18.2 Å². The quantitative estimate of drug-likeness (QED) is 0.147. The number of nitrogens with zero attached hydrogens (tertiary/aromatic N) is 7. The number of carbonyl (C=O) groups excluding carboxylic acids is 1. The molecular formula is C37H39ClF4N8O3. The molecule has 2 unspecified atom stereocenters. The van der Waals surface area contributed by atoms with E-state index in [-0.39, 0.29) is 47.7 Å². The van der Waals surface area contributed by atoms with Crippen molar-refractivity contribution in [3.05, 3.63) is 68.4 Å². The summed E-state index contributed by atoms with van der Waals surface area (Å²) in [6.07, 6.45) is -2.25. The molecule has 0 saturated carbocycles. The molecule has 8 rings (SSSR count). The number of rotatable bonds is 6. The number of aryl methyl sites for hydroxylation is 1. The number of fused-ring (bicyclic) bond motifs is 3. The van der Waals surface area contributed by atoms with Gasteiger partial charge in [-0.15, -0.1) is 5.92 Å². The third-order valence-electron chi connectivity index (χ3n) is 11.0. The van der Waals surface area contributed by atoms with Crippen LogP contribution in [0.2, 0.25) is 5.02 Å². The maximum absolute atomic E-state index is 15.8. The van der Waals surface area contributed by atoms with Crippen LogP contribution in [0.3, 0.4) is 0 Å². The number of nitrogens with two attached hydrogens (primary N) is 1. The predicted octanol–water partition coefficient (Wildman–Crippen LogP) is 5.68. The number of amides is 1. The Labute approximate surface area is 309 Å². The Morgan fingerprint density at radius 2 is 1.96 bits per heavy atom. The minimum Gasteiger partial charge on any atom is -0.461 e. The van der Waals surface area contributed by atoms with Crippen LogP contribution in [0.5, 0.6) is 6.01 Å². The van der Waals surface area contributed by atoms with E-state index in [1.165, 1.54) is 6.92 Å². The van der Waals surface area contributed by atoms with Crippen molar-refractivity contribution >= 4 is 29.0 Å². The molecule has 3 saturated heterocycles. The topological polar surface area (TPSA) is 115 Å². The van der Waals surface area contributed by atoms with Crippen LogP contribution < -0.4 is 15.4 Å². The van der Waals surface area contributed by atoms with Crippen LogP contribution in [0, 0.1) is 17.7 Å². The highest BCUT2D eigenvalue weighted by Crippen LogP contribution is 2.45. The van der Waals surface area contributed by atoms with Crippen LogP contribution in [0.25, 0.3) is 0 Å². The molecule has 0 aliphatic carbocycles. The van der Waals surface area contributed by atoms with Crippen molar-refractivity contribution in [1.82, 2.24) is 29.5 Å². The summed E-state index contributed by atoms with van der Waals surface area (Å²) in [6.45, 7) is 9.99. The number of hydrogen-bond donors (Lipinski definition) is 1. The number of halogens is 5. The van der Waals surface area contributed by atoms with Gasteiger partial charge in [-0.1, -0.05) is 29.7 Å². The number of ether oxygens (including phenoxy) is 2. The zero-order valence-electron chi connectivity index (χ0n) is 29.3. The Morgan fingerprint density at radius 1 is 1.17 bits per heavy atom. The van der Waals surface area contributed by atoms with Gasteiger partial charge >= 0.3 is 12.2 Å². The van der Waals surface area contributed by atoms with Gasteiger partial charge in [0.15, 0.2) is 11.5 Å². The largest absolute Gasteiger partial charge is 0.461 e. The molecule has 2 atom stereocenters. The molecule has 3 aromatic rings. The third-order valence-corrected chi connectivity index (χ3v) is 11.4. The molecule has 2 aromatic heterocycles. The molecule has 2 N–H and O–H groups in total. The highest BCUT2D eigenvalue weighted by Gasteiger charge is 2.47. The summed E-state index contributed by atoms with van der Waals surface area (Å²) in [6, 6.07) is 0.958. The second-order valence-electron chi connectivity index (χ2n) is 14.5. The first-order valence-electron chi connectivity index (χ1n) is 17.8. The standard InChI is InChI=1S/C37H39ClF4N8O3/c1-3-7-22-14-24(43)31(39)28(29(22)37(40,41)42)27-15-25-23(19-52-27)33(45-35(44-25)53-20-36-8-4-12-49(36)17-21(2)16-36)48-11-6-13-50-26(18-48)30(38)32(46-50)34(51)47-9-5-10-47/h14,27H,2,4-6,8-13,15-20,43H2,1H3. The molecule has 11 nitrogen and oxygen atoms in total. The highest BCUT2D eigenvalue weighted by atomic mass is 35.5. The van der Waals surface area contributed by atoms with E-state index in [0.717, 1.165) is 50.4 Å². The molecule has 1 amide bonds. The number of benzene rings is 1. The first-order chi connectivity index (χ1) is 25.4. The van der Waals surface area contributed by atoms with Crippen molar-refractivity contribution < 1.29 is 31.8 Å². The summed E-state index contributed by atoms with van der Waals surface area (Å²) in [5.41, 5.74) is 5.72. The highest BCUT2D eigenvalue weighted by molar-refractivity contribution is 6.34. The van der Waals surface area contributed by atoms with E-state index in [1.807, 2.05) is 4.90 Å². The van der Waals surface area contributed by atoms with Gasteiger partial charge in [-0.05, 0) is 51.6 Å². The molecule has 280 valence electrons. The normalized spacial score (nSPS) is 22.8. The van der Waals surface area contributed by atoms with Crippen LogP contribution in [-0.4, -0.2) is 80.3 Å². The van der Waals surface area contributed by atoms with Gasteiger partial charge in [-0.2, -0.15) is 28.2 Å². The van der Waals surface area contributed by atoms with E-state index < -0.39 is 40.5 Å². The first-order valence-corrected chi connectivity index (χ1v) is 18.2. The Morgan fingerprint density at radius 3 is 2.70 bits per heavy atom. The zero-order chi connectivity index (χ0) is 37.2. The van der Waals surface area contributed by atoms with Gasteiger partial charge in [0.25, 0.3) is 5.91 Å². The molecule has 16 heteroatoms. The van der Waals surface area contributed by atoms with E-state index in [4.69, 9.17) is 36.8 Å². The molecular weight excluding hydrogens is 716 g/mol. The van der Waals surface area contributed by atoms with Crippen LogP contribution in [0.4, 0.5) is 29.1 Å². The van der Waals surface area contributed by atoms with Gasteiger partial charge in [0, 0.05) is 55.8 Å². The Kier molecular flexibility index (Phi) is 9.06.